The first-order chi connectivity index (χ1) is 10.0. The van der Waals surface area contributed by atoms with Crippen LogP contribution < -0.4 is 16.2 Å². The Hall–Kier alpha value is -2.15. The predicted molar refractivity (Wildman–Crippen MR) is 78.1 cm³/mol. The molecule has 3 N–H and O–H groups in total. The summed E-state index contributed by atoms with van der Waals surface area (Å²) < 4.78 is 1.66. The molecule has 7 nitrogen and oxygen atoms in total. The summed E-state index contributed by atoms with van der Waals surface area (Å²) >= 11 is 0. The van der Waals surface area contributed by atoms with E-state index >= 15 is 0 Å². The number of carbonyl (C=O) groups excluding carboxylic acids is 1. The quantitative estimate of drug-likeness (QED) is 0.731. The molecule has 3 heterocycles. The lowest BCUT2D eigenvalue weighted by atomic mass is 9.99. The number of fused-ring (bicyclic) bond motifs is 1. The molecule has 0 aliphatic carbocycles. The standard InChI is InChI=1S/C14H19N5O2/c1-8-11(7-16-13(20)3-10-5-15-6-10)9(2)19-12(17-8)4-14(21)18-19/h4,10,15H,3,5-7H2,1-2H3,(H,16,20)(H,18,21). The fourth-order valence-electron chi connectivity index (χ4n) is 2.63. The van der Waals surface area contributed by atoms with Gasteiger partial charge in [0, 0.05) is 36.0 Å². The molecular formula is C14H19N5O2. The van der Waals surface area contributed by atoms with Gasteiger partial charge in [-0.2, -0.15) is 0 Å². The van der Waals surface area contributed by atoms with Gasteiger partial charge in [0.1, 0.15) is 0 Å². The topological polar surface area (TPSA) is 91.3 Å². The van der Waals surface area contributed by atoms with Gasteiger partial charge in [0.25, 0.3) is 5.56 Å². The van der Waals surface area contributed by atoms with Gasteiger partial charge >= 0.3 is 0 Å². The first-order valence-electron chi connectivity index (χ1n) is 7.10. The Morgan fingerprint density at radius 2 is 2.24 bits per heavy atom. The molecule has 0 bridgehead atoms. The lowest BCUT2D eigenvalue weighted by Crippen LogP contribution is -2.44. The Labute approximate surface area is 121 Å². The maximum Gasteiger partial charge on any atom is 0.266 e. The highest BCUT2D eigenvalue weighted by Crippen LogP contribution is 2.13. The average molecular weight is 289 g/mol. The number of nitrogens with zero attached hydrogens (tertiary/aromatic N) is 2. The highest BCUT2D eigenvalue weighted by Gasteiger charge is 2.20. The number of carbonyl (C=O) groups is 1. The average Bonchev–Trinajstić information content (AvgIpc) is 2.74. The maximum atomic E-state index is 11.9. The van der Waals surface area contributed by atoms with Crippen molar-refractivity contribution >= 4 is 11.6 Å². The van der Waals surface area contributed by atoms with E-state index in [1.807, 2.05) is 13.8 Å². The number of aromatic amines is 1. The van der Waals surface area contributed by atoms with Crippen LogP contribution in [0.15, 0.2) is 10.9 Å². The fourth-order valence-corrected chi connectivity index (χ4v) is 2.63. The van der Waals surface area contributed by atoms with Crippen LogP contribution >= 0.6 is 0 Å². The van der Waals surface area contributed by atoms with Crippen LogP contribution in [0.25, 0.3) is 5.65 Å². The van der Waals surface area contributed by atoms with Crippen molar-refractivity contribution in [3.63, 3.8) is 0 Å². The van der Waals surface area contributed by atoms with Gasteiger partial charge < -0.3 is 10.6 Å². The van der Waals surface area contributed by atoms with Crippen LogP contribution in [0.2, 0.25) is 0 Å². The summed E-state index contributed by atoms with van der Waals surface area (Å²) in [5, 5.41) is 8.80. The molecule has 1 aliphatic rings. The highest BCUT2D eigenvalue weighted by molar-refractivity contribution is 5.76. The second-order valence-corrected chi connectivity index (χ2v) is 5.58. The Kier molecular flexibility index (Phi) is 3.50. The van der Waals surface area contributed by atoms with Crippen LogP contribution in [0, 0.1) is 19.8 Å². The second kappa shape index (κ2) is 5.33. The SMILES string of the molecule is Cc1nc2cc(=O)[nH]n2c(C)c1CNC(=O)CC1CNC1. The van der Waals surface area contributed by atoms with Crippen molar-refractivity contribution in [1.29, 1.82) is 0 Å². The van der Waals surface area contributed by atoms with E-state index in [2.05, 4.69) is 20.7 Å². The van der Waals surface area contributed by atoms with E-state index in [0.29, 0.717) is 24.5 Å². The molecule has 2 aromatic rings. The minimum absolute atomic E-state index is 0.0568. The van der Waals surface area contributed by atoms with Crippen molar-refractivity contribution in [3.05, 3.63) is 33.4 Å². The van der Waals surface area contributed by atoms with E-state index in [4.69, 9.17) is 0 Å². The van der Waals surface area contributed by atoms with Gasteiger partial charge in [-0.25, -0.2) is 9.50 Å². The van der Waals surface area contributed by atoms with Gasteiger partial charge in [-0.05, 0) is 32.9 Å². The number of H-pyrrole nitrogens is 1. The summed E-state index contributed by atoms with van der Waals surface area (Å²) in [6, 6.07) is 1.46. The zero-order chi connectivity index (χ0) is 15.0. The smallest absolute Gasteiger partial charge is 0.266 e. The third kappa shape index (κ3) is 2.69. The van der Waals surface area contributed by atoms with Crippen molar-refractivity contribution in [1.82, 2.24) is 25.2 Å². The molecule has 0 unspecified atom stereocenters. The number of hydrogen-bond acceptors (Lipinski definition) is 4. The van der Waals surface area contributed by atoms with Gasteiger partial charge in [0.2, 0.25) is 5.91 Å². The number of hydrogen-bond donors (Lipinski definition) is 3. The van der Waals surface area contributed by atoms with Gasteiger partial charge in [-0.15, -0.1) is 0 Å². The van der Waals surface area contributed by atoms with E-state index in [-0.39, 0.29) is 11.5 Å². The third-order valence-corrected chi connectivity index (χ3v) is 4.00. The molecule has 1 aliphatic heterocycles. The van der Waals surface area contributed by atoms with E-state index in [0.717, 1.165) is 30.0 Å². The summed E-state index contributed by atoms with van der Waals surface area (Å²) in [5.74, 6) is 0.509. The van der Waals surface area contributed by atoms with Crippen LogP contribution in [0.4, 0.5) is 0 Å². The first-order valence-corrected chi connectivity index (χ1v) is 7.10. The molecular weight excluding hydrogens is 270 g/mol. The molecule has 0 atom stereocenters. The lowest BCUT2D eigenvalue weighted by molar-refractivity contribution is -0.122. The summed E-state index contributed by atoms with van der Waals surface area (Å²) in [4.78, 5) is 27.7. The second-order valence-electron chi connectivity index (χ2n) is 5.58. The zero-order valence-electron chi connectivity index (χ0n) is 12.2. The van der Waals surface area contributed by atoms with E-state index in [9.17, 15) is 9.59 Å². The minimum atomic E-state index is -0.177. The molecule has 3 rings (SSSR count). The van der Waals surface area contributed by atoms with Crippen molar-refractivity contribution in [2.45, 2.75) is 26.8 Å². The van der Waals surface area contributed by atoms with E-state index < -0.39 is 0 Å². The van der Waals surface area contributed by atoms with E-state index in [1.54, 1.807) is 4.52 Å². The van der Waals surface area contributed by atoms with Gasteiger partial charge in [0.15, 0.2) is 5.65 Å². The molecule has 0 spiro atoms. The van der Waals surface area contributed by atoms with Crippen molar-refractivity contribution in [2.24, 2.45) is 5.92 Å². The summed E-state index contributed by atoms with van der Waals surface area (Å²) in [6.07, 6.45) is 0.557. The van der Waals surface area contributed by atoms with Crippen LogP contribution in [-0.4, -0.2) is 33.6 Å². The molecule has 7 heteroatoms. The molecule has 1 amide bonds. The summed E-state index contributed by atoms with van der Waals surface area (Å²) in [5.41, 5.74) is 3.09. The molecule has 21 heavy (non-hydrogen) atoms. The molecule has 1 saturated heterocycles. The Bertz CT molecular complexity index is 742. The van der Waals surface area contributed by atoms with Crippen molar-refractivity contribution in [2.75, 3.05) is 13.1 Å². The maximum absolute atomic E-state index is 11.9. The van der Waals surface area contributed by atoms with Crippen LogP contribution in [0.5, 0.6) is 0 Å². The Balaban J connectivity index is 1.76. The molecule has 1 fully saturated rings. The van der Waals surface area contributed by atoms with Gasteiger partial charge in [0.05, 0.1) is 0 Å². The van der Waals surface area contributed by atoms with Crippen molar-refractivity contribution < 1.29 is 4.79 Å². The van der Waals surface area contributed by atoms with Crippen LogP contribution in [0.3, 0.4) is 0 Å². The molecule has 2 aromatic heterocycles. The monoisotopic (exact) mass is 289 g/mol. The minimum Gasteiger partial charge on any atom is -0.352 e. The summed E-state index contributed by atoms with van der Waals surface area (Å²) in [6.45, 7) is 6.07. The zero-order valence-corrected chi connectivity index (χ0v) is 12.2. The highest BCUT2D eigenvalue weighted by atomic mass is 16.1. The normalized spacial score (nSPS) is 15.1. The summed E-state index contributed by atoms with van der Waals surface area (Å²) in [7, 11) is 0. The largest absolute Gasteiger partial charge is 0.352 e. The number of aromatic nitrogens is 3. The van der Waals surface area contributed by atoms with Gasteiger partial charge in [-0.3, -0.25) is 14.7 Å². The predicted octanol–water partition coefficient (Wildman–Crippen LogP) is -0.135. The van der Waals surface area contributed by atoms with Crippen LogP contribution in [0.1, 0.15) is 23.4 Å². The van der Waals surface area contributed by atoms with Crippen molar-refractivity contribution in [3.8, 4) is 0 Å². The lowest BCUT2D eigenvalue weighted by Gasteiger charge is -2.26. The number of aryl methyl sites for hydroxylation is 2. The third-order valence-electron chi connectivity index (χ3n) is 4.00. The van der Waals surface area contributed by atoms with Crippen LogP contribution in [-0.2, 0) is 11.3 Å². The number of rotatable bonds is 4. The molecule has 112 valence electrons. The fraction of sp³-hybridized carbons (Fsp3) is 0.500. The molecule has 0 saturated carbocycles. The first kappa shape index (κ1) is 13.8. The Morgan fingerprint density at radius 3 is 2.90 bits per heavy atom. The van der Waals surface area contributed by atoms with E-state index in [1.165, 1.54) is 6.07 Å². The molecule has 0 aromatic carbocycles. The number of nitrogens with one attached hydrogen (secondary N) is 3. The number of amides is 1. The Morgan fingerprint density at radius 1 is 1.48 bits per heavy atom. The molecule has 0 radical (unpaired) electrons. The van der Waals surface area contributed by atoms with Gasteiger partial charge in [-0.1, -0.05) is 0 Å².